The second kappa shape index (κ2) is 2.45. The number of halogens is 2. The van der Waals surface area contributed by atoms with Crippen LogP contribution in [0.3, 0.4) is 0 Å². The Bertz CT molecular complexity index is 175. The molecule has 0 atom stereocenters. The highest BCUT2D eigenvalue weighted by molar-refractivity contribution is 6.69. The molecule has 0 aliphatic carbocycles. The molecular weight excluding hydrogens is 161 g/mol. The Kier molecular flexibility index (Phi) is 1.83. The van der Waals surface area contributed by atoms with Crippen LogP contribution >= 0.6 is 23.2 Å². The van der Waals surface area contributed by atoms with Gasteiger partial charge in [-0.25, -0.2) is 5.12 Å². The van der Waals surface area contributed by atoms with E-state index < -0.39 is 0 Å². The molecule has 9 heavy (non-hydrogen) atoms. The van der Waals surface area contributed by atoms with E-state index in [-0.39, 0.29) is 0 Å². The average molecular weight is 166 g/mol. The summed E-state index contributed by atoms with van der Waals surface area (Å²) in [6.07, 6.45) is 1.53. The maximum absolute atomic E-state index is 5.55. The highest BCUT2D eigenvalue weighted by atomic mass is 35.5. The van der Waals surface area contributed by atoms with Gasteiger partial charge in [-0.3, -0.25) is 5.43 Å². The van der Waals surface area contributed by atoms with Crippen LogP contribution in [0.2, 0.25) is 0 Å². The first-order valence-corrected chi connectivity index (χ1v) is 3.06. The fourth-order valence-electron chi connectivity index (χ4n) is 0.489. The molecule has 3 nitrogen and oxygen atoms in total. The van der Waals surface area contributed by atoms with Gasteiger partial charge in [0.15, 0.2) is 5.17 Å². The van der Waals surface area contributed by atoms with E-state index in [9.17, 15) is 0 Å². The number of hydrazine groups is 1. The summed E-state index contributed by atoms with van der Waals surface area (Å²) in [4.78, 5) is 0. The summed E-state index contributed by atoms with van der Waals surface area (Å²) in [5.74, 6) is 0. The highest BCUT2D eigenvalue weighted by Crippen LogP contribution is 2.05. The van der Waals surface area contributed by atoms with Crippen LogP contribution in [0, 0.1) is 0 Å². The van der Waals surface area contributed by atoms with Gasteiger partial charge in [0.25, 0.3) is 0 Å². The molecule has 0 radical (unpaired) electrons. The molecule has 0 bridgehead atoms. The molecule has 1 aliphatic rings. The lowest BCUT2D eigenvalue weighted by Crippen LogP contribution is -2.30. The first-order chi connectivity index (χ1) is 4.18. The van der Waals surface area contributed by atoms with Gasteiger partial charge in [-0.15, -0.1) is 5.10 Å². The van der Waals surface area contributed by atoms with Crippen LogP contribution in [0.5, 0.6) is 0 Å². The fraction of sp³-hybridized carbons (Fsp3) is 0.250. The smallest absolute Gasteiger partial charge is 0.154 e. The van der Waals surface area contributed by atoms with Crippen LogP contribution in [-0.2, 0) is 0 Å². The summed E-state index contributed by atoms with van der Waals surface area (Å²) in [5.41, 5.74) is 2.70. The zero-order valence-electron chi connectivity index (χ0n) is 4.73. The average Bonchev–Trinajstić information content (AvgIpc) is 1.59. The van der Waals surface area contributed by atoms with Gasteiger partial charge in [-0.05, 0) is 0 Å². The minimum atomic E-state index is 0.376. The Balaban J connectivity index is 2.74. The Labute approximate surface area is 62.9 Å². The van der Waals surface area contributed by atoms with Crippen molar-refractivity contribution in [2.24, 2.45) is 5.10 Å². The van der Waals surface area contributed by atoms with Gasteiger partial charge in [-0.2, -0.15) is 0 Å². The predicted molar refractivity (Wildman–Crippen MR) is 38.1 cm³/mol. The van der Waals surface area contributed by atoms with Gasteiger partial charge >= 0.3 is 0 Å². The van der Waals surface area contributed by atoms with E-state index in [0.717, 1.165) is 0 Å². The summed E-state index contributed by atoms with van der Waals surface area (Å²) in [5, 5.41) is 6.06. The SMILES string of the molecule is CN1N=C(Cl)C=C(Cl)N1. The van der Waals surface area contributed by atoms with E-state index >= 15 is 0 Å². The molecule has 0 saturated heterocycles. The van der Waals surface area contributed by atoms with E-state index in [0.29, 0.717) is 10.3 Å². The lowest BCUT2D eigenvalue weighted by atomic mass is 10.6. The summed E-state index contributed by atoms with van der Waals surface area (Å²) >= 11 is 11.1. The lowest BCUT2D eigenvalue weighted by Gasteiger charge is -2.17. The Morgan fingerprint density at radius 3 is 2.78 bits per heavy atom. The minimum Gasteiger partial charge on any atom is -0.272 e. The molecule has 1 aliphatic heterocycles. The molecule has 0 aromatic heterocycles. The van der Waals surface area contributed by atoms with Crippen molar-refractivity contribution in [1.82, 2.24) is 10.5 Å². The second-order valence-corrected chi connectivity index (χ2v) is 2.34. The van der Waals surface area contributed by atoms with Crippen LogP contribution in [0.25, 0.3) is 0 Å². The standard InChI is InChI=1S/C4H5Cl2N3/c1-9-7-3(5)2-4(6)8-9/h2,7H,1H3. The van der Waals surface area contributed by atoms with E-state index in [1.165, 1.54) is 11.2 Å². The van der Waals surface area contributed by atoms with Crippen molar-refractivity contribution in [3.8, 4) is 0 Å². The van der Waals surface area contributed by atoms with Crippen molar-refractivity contribution in [3.05, 3.63) is 11.2 Å². The Morgan fingerprint density at radius 1 is 1.67 bits per heavy atom. The third kappa shape index (κ3) is 1.77. The fourth-order valence-corrected chi connectivity index (χ4v) is 0.993. The molecule has 5 heteroatoms. The van der Waals surface area contributed by atoms with Crippen LogP contribution in [-0.4, -0.2) is 17.3 Å². The number of hydrogen-bond donors (Lipinski definition) is 1. The molecule has 0 fully saturated rings. The van der Waals surface area contributed by atoms with Crippen molar-refractivity contribution in [3.63, 3.8) is 0 Å². The zero-order chi connectivity index (χ0) is 6.85. The monoisotopic (exact) mass is 165 g/mol. The van der Waals surface area contributed by atoms with Crippen LogP contribution in [0.1, 0.15) is 0 Å². The first-order valence-electron chi connectivity index (χ1n) is 2.30. The Hall–Kier alpha value is -0.410. The minimum absolute atomic E-state index is 0.376. The number of nitrogens with zero attached hydrogens (tertiary/aromatic N) is 2. The molecular formula is C4H5Cl2N3. The van der Waals surface area contributed by atoms with Crippen LogP contribution < -0.4 is 5.43 Å². The van der Waals surface area contributed by atoms with E-state index in [1.807, 2.05) is 0 Å². The van der Waals surface area contributed by atoms with Gasteiger partial charge in [0.05, 0.1) is 0 Å². The maximum Gasteiger partial charge on any atom is 0.154 e. The summed E-state index contributed by atoms with van der Waals surface area (Å²) < 4.78 is 0. The number of hydrogen-bond acceptors (Lipinski definition) is 3. The molecule has 0 unspecified atom stereocenters. The number of hydrazone groups is 1. The van der Waals surface area contributed by atoms with Crippen molar-refractivity contribution in [2.75, 3.05) is 7.05 Å². The topological polar surface area (TPSA) is 27.6 Å². The van der Waals surface area contributed by atoms with E-state index in [4.69, 9.17) is 23.2 Å². The number of nitrogens with one attached hydrogen (secondary N) is 1. The lowest BCUT2D eigenvalue weighted by molar-refractivity contribution is 0.285. The quantitative estimate of drug-likeness (QED) is 0.545. The van der Waals surface area contributed by atoms with Gasteiger partial charge < -0.3 is 0 Å². The highest BCUT2D eigenvalue weighted by Gasteiger charge is 2.03. The van der Waals surface area contributed by atoms with Crippen LogP contribution in [0.4, 0.5) is 0 Å². The number of rotatable bonds is 0. The van der Waals surface area contributed by atoms with Crippen molar-refractivity contribution >= 4 is 28.4 Å². The second-order valence-electron chi connectivity index (χ2n) is 1.55. The molecule has 0 aromatic carbocycles. The number of allylic oxidation sites excluding steroid dienone is 1. The van der Waals surface area contributed by atoms with Gasteiger partial charge in [-0.1, -0.05) is 23.2 Å². The molecule has 1 N–H and O–H groups in total. The summed E-state index contributed by atoms with van der Waals surface area (Å²) in [6, 6.07) is 0. The van der Waals surface area contributed by atoms with Crippen LogP contribution in [0.15, 0.2) is 16.3 Å². The van der Waals surface area contributed by atoms with Gasteiger partial charge in [0.1, 0.15) is 5.16 Å². The zero-order valence-corrected chi connectivity index (χ0v) is 6.24. The molecule has 1 rings (SSSR count). The Morgan fingerprint density at radius 2 is 2.33 bits per heavy atom. The van der Waals surface area contributed by atoms with Crippen molar-refractivity contribution in [2.45, 2.75) is 0 Å². The third-order valence-electron chi connectivity index (χ3n) is 0.760. The first kappa shape index (κ1) is 6.71. The maximum atomic E-state index is 5.55. The molecule has 0 amide bonds. The molecule has 50 valence electrons. The largest absolute Gasteiger partial charge is 0.272 e. The molecule has 1 heterocycles. The van der Waals surface area contributed by atoms with Crippen molar-refractivity contribution < 1.29 is 0 Å². The van der Waals surface area contributed by atoms with Crippen molar-refractivity contribution in [1.29, 1.82) is 0 Å². The van der Waals surface area contributed by atoms with E-state index in [2.05, 4.69) is 10.5 Å². The predicted octanol–water partition coefficient (Wildman–Crippen LogP) is 1.07. The summed E-state index contributed by atoms with van der Waals surface area (Å²) in [7, 11) is 1.71. The molecule has 0 aromatic rings. The normalized spacial score (nSPS) is 18.3. The molecule has 0 saturated carbocycles. The summed E-state index contributed by atoms with van der Waals surface area (Å²) in [6.45, 7) is 0. The van der Waals surface area contributed by atoms with Gasteiger partial charge in [0, 0.05) is 13.1 Å². The molecule has 0 spiro atoms. The van der Waals surface area contributed by atoms with Gasteiger partial charge in [0.2, 0.25) is 0 Å². The van der Waals surface area contributed by atoms with E-state index in [1.54, 1.807) is 7.05 Å². The third-order valence-corrected chi connectivity index (χ3v) is 1.14.